The van der Waals surface area contributed by atoms with Crippen LogP contribution in [0.2, 0.25) is 0 Å². The van der Waals surface area contributed by atoms with E-state index >= 15 is 0 Å². The van der Waals surface area contributed by atoms with Crippen molar-refractivity contribution >= 4 is 6.34 Å². The molecular weight excluding hydrogens is 144 g/mol. The molecule has 60 valence electrons. The standard InChI is InChI=1S/C7H10N2O2/c1-2-8-6-9(3-1)7-10-4-5-11-7/h1-2,6-7H,3-5H2. The lowest BCUT2D eigenvalue weighted by atomic mass is 10.5. The van der Waals surface area contributed by atoms with Gasteiger partial charge in [0.2, 0.25) is 6.41 Å². The van der Waals surface area contributed by atoms with Gasteiger partial charge in [-0.05, 0) is 6.08 Å². The van der Waals surface area contributed by atoms with Crippen molar-refractivity contribution < 1.29 is 9.47 Å². The second-order valence-electron chi connectivity index (χ2n) is 2.39. The van der Waals surface area contributed by atoms with Crippen LogP contribution < -0.4 is 0 Å². The maximum atomic E-state index is 5.27. The Kier molecular flexibility index (Phi) is 1.87. The van der Waals surface area contributed by atoms with Gasteiger partial charge >= 0.3 is 0 Å². The summed E-state index contributed by atoms with van der Waals surface area (Å²) in [5.74, 6) is 0. The molecule has 4 heteroatoms. The fourth-order valence-corrected chi connectivity index (χ4v) is 1.08. The predicted octanol–water partition coefficient (Wildman–Crippen LogP) is 0.174. The number of aliphatic imine (C=N–C) groups is 1. The number of ether oxygens (including phenoxy) is 2. The van der Waals surface area contributed by atoms with Crippen LogP contribution in [0.3, 0.4) is 0 Å². The second kappa shape index (κ2) is 3.02. The van der Waals surface area contributed by atoms with Gasteiger partial charge in [0, 0.05) is 12.7 Å². The second-order valence-corrected chi connectivity index (χ2v) is 2.39. The summed E-state index contributed by atoms with van der Waals surface area (Å²) in [5, 5.41) is 0. The van der Waals surface area contributed by atoms with E-state index in [2.05, 4.69) is 4.99 Å². The van der Waals surface area contributed by atoms with E-state index in [-0.39, 0.29) is 6.41 Å². The quantitative estimate of drug-likeness (QED) is 0.540. The molecule has 2 aliphatic rings. The van der Waals surface area contributed by atoms with Gasteiger partial charge in [-0.3, -0.25) is 0 Å². The van der Waals surface area contributed by atoms with Gasteiger partial charge in [0.25, 0.3) is 0 Å². The van der Waals surface area contributed by atoms with Gasteiger partial charge in [-0.1, -0.05) is 0 Å². The fraction of sp³-hybridized carbons (Fsp3) is 0.571. The Hall–Kier alpha value is -0.870. The largest absolute Gasteiger partial charge is 0.333 e. The summed E-state index contributed by atoms with van der Waals surface area (Å²) >= 11 is 0. The molecule has 0 amide bonds. The van der Waals surface area contributed by atoms with E-state index in [1.54, 1.807) is 12.5 Å². The molecule has 4 nitrogen and oxygen atoms in total. The molecule has 0 aromatic heterocycles. The highest BCUT2D eigenvalue weighted by Gasteiger charge is 2.21. The van der Waals surface area contributed by atoms with Gasteiger partial charge in [0.15, 0.2) is 0 Å². The zero-order valence-corrected chi connectivity index (χ0v) is 6.14. The van der Waals surface area contributed by atoms with E-state index in [1.165, 1.54) is 0 Å². The predicted molar refractivity (Wildman–Crippen MR) is 40.0 cm³/mol. The molecule has 0 unspecified atom stereocenters. The molecule has 2 heterocycles. The first-order chi connectivity index (χ1) is 5.47. The molecule has 11 heavy (non-hydrogen) atoms. The highest BCUT2D eigenvalue weighted by Crippen LogP contribution is 2.09. The maximum Gasteiger partial charge on any atom is 0.241 e. The Morgan fingerprint density at radius 1 is 1.36 bits per heavy atom. The van der Waals surface area contributed by atoms with Crippen LogP contribution in [-0.2, 0) is 9.47 Å². The Morgan fingerprint density at radius 3 is 2.82 bits per heavy atom. The summed E-state index contributed by atoms with van der Waals surface area (Å²) < 4.78 is 10.5. The zero-order chi connectivity index (χ0) is 7.52. The normalized spacial score (nSPS) is 24.9. The molecule has 0 saturated carbocycles. The highest BCUT2D eigenvalue weighted by atomic mass is 16.7. The Bertz CT molecular complexity index is 185. The molecule has 1 saturated heterocycles. The van der Waals surface area contributed by atoms with Crippen molar-refractivity contribution in [1.82, 2.24) is 4.90 Å². The third-order valence-corrected chi connectivity index (χ3v) is 1.60. The molecule has 0 aliphatic carbocycles. The molecule has 2 rings (SSSR count). The number of hydrogen-bond acceptors (Lipinski definition) is 4. The summed E-state index contributed by atoms with van der Waals surface area (Å²) in [5.41, 5.74) is 0. The first kappa shape index (κ1) is 6.82. The third kappa shape index (κ3) is 1.41. The van der Waals surface area contributed by atoms with Crippen LogP contribution in [0.1, 0.15) is 0 Å². The van der Waals surface area contributed by atoms with Gasteiger partial charge in [-0.15, -0.1) is 0 Å². The van der Waals surface area contributed by atoms with Crippen molar-refractivity contribution in [3.05, 3.63) is 12.3 Å². The number of hydrogen-bond donors (Lipinski definition) is 0. The molecule has 0 bridgehead atoms. The fourth-order valence-electron chi connectivity index (χ4n) is 1.08. The summed E-state index contributed by atoms with van der Waals surface area (Å²) in [6.07, 6.45) is 5.25. The van der Waals surface area contributed by atoms with Crippen molar-refractivity contribution in [2.75, 3.05) is 19.8 Å². The third-order valence-electron chi connectivity index (χ3n) is 1.60. The Morgan fingerprint density at radius 2 is 2.18 bits per heavy atom. The lowest BCUT2D eigenvalue weighted by Crippen LogP contribution is -2.35. The zero-order valence-electron chi connectivity index (χ0n) is 6.14. The SMILES string of the molecule is C1=CN=CN(C2OCCO2)C1. The van der Waals surface area contributed by atoms with Crippen molar-refractivity contribution in [3.8, 4) is 0 Å². The molecule has 0 aromatic rings. The van der Waals surface area contributed by atoms with Crippen LogP contribution in [0.4, 0.5) is 0 Å². The summed E-state index contributed by atoms with van der Waals surface area (Å²) in [4.78, 5) is 5.87. The van der Waals surface area contributed by atoms with Gasteiger partial charge in [-0.2, -0.15) is 0 Å². The van der Waals surface area contributed by atoms with Gasteiger partial charge in [0.05, 0.1) is 19.6 Å². The number of nitrogens with zero attached hydrogens (tertiary/aromatic N) is 2. The van der Waals surface area contributed by atoms with Crippen LogP contribution in [0, 0.1) is 0 Å². The topological polar surface area (TPSA) is 34.1 Å². The van der Waals surface area contributed by atoms with E-state index in [9.17, 15) is 0 Å². The average molecular weight is 154 g/mol. The summed E-state index contributed by atoms with van der Waals surface area (Å²) in [7, 11) is 0. The molecular formula is C7H10N2O2. The van der Waals surface area contributed by atoms with E-state index in [0.29, 0.717) is 13.2 Å². The smallest absolute Gasteiger partial charge is 0.241 e. The van der Waals surface area contributed by atoms with Gasteiger partial charge in [0.1, 0.15) is 0 Å². The van der Waals surface area contributed by atoms with Crippen LogP contribution in [0.25, 0.3) is 0 Å². The summed E-state index contributed by atoms with van der Waals surface area (Å²) in [6.45, 7) is 2.17. The molecule has 0 aromatic carbocycles. The highest BCUT2D eigenvalue weighted by molar-refractivity contribution is 5.57. The first-order valence-corrected chi connectivity index (χ1v) is 3.64. The first-order valence-electron chi connectivity index (χ1n) is 3.64. The van der Waals surface area contributed by atoms with Crippen LogP contribution in [0.5, 0.6) is 0 Å². The minimum atomic E-state index is -0.219. The number of rotatable bonds is 1. The lowest BCUT2D eigenvalue weighted by Gasteiger charge is -2.24. The molecule has 0 spiro atoms. The van der Waals surface area contributed by atoms with E-state index in [4.69, 9.17) is 9.47 Å². The van der Waals surface area contributed by atoms with E-state index in [0.717, 1.165) is 6.54 Å². The molecule has 0 radical (unpaired) electrons. The Labute approximate surface area is 65.1 Å². The molecule has 0 N–H and O–H groups in total. The van der Waals surface area contributed by atoms with Crippen LogP contribution in [0.15, 0.2) is 17.3 Å². The molecule has 0 atom stereocenters. The Balaban J connectivity index is 1.94. The average Bonchev–Trinajstić information content (AvgIpc) is 2.58. The minimum absolute atomic E-state index is 0.219. The van der Waals surface area contributed by atoms with Gasteiger partial charge < -0.3 is 14.4 Å². The maximum absolute atomic E-state index is 5.27. The summed E-state index contributed by atoms with van der Waals surface area (Å²) in [6, 6.07) is 0. The molecule has 2 aliphatic heterocycles. The monoisotopic (exact) mass is 154 g/mol. The van der Waals surface area contributed by atoms with E-state index < -0.39 is 0 Å². The van der Waals surface area contributed by atoms with Crippen molar-refractivity contribution in [1.29, 1.82) is 0 Å². The molecule has 1 fully saturated rings. The van der Waals surface area contributed by atoms with Crippen molar-refractivity contribution in [2.24, 2.45) is 4.99 Å². The lowest BCUT2D eigenvalue weighted by molar-refractivity contribution is -0.117. The van der Waals surface area contributed by atoms with Crippen LogP contribution in [-0.4, -0.2) is 37.4 Å². The van der Waals surface area contributed by atoms with Crippen molar-refractivity contribution in [2.45, 2.75) is 6.41 Å². The van der Waals surface area contributed by atoms with E-state index in [1.807, 2.05) is 11.0 Å². The van der Waals surface area contributed by atoms with Crippen LogP contribution >= 0.6 is 0 Å². The van der Waals surface area contributed by atoms with Crippen molar-refractivity contribution in [3.63, 3.8) is 0 Å². The van der Waals surface area contributed by atoms with Gasteiger partial charge in [-0.25, -0.2) is 4.99 Å². The minimum Gasteiger partial charge on any atom is -0.333 e.